The van der Waals surface area contributed by atoms with E-state index in [4.69, 9.17) is 5.73 Å². The summed E-state index contributed by atoms with van der Waals surface area (Å²) >= 11 is 0. The summed E-state index contributed by atoms with van der Waals surface area (Å²) in [7, 11) is 0. The average molecular weight is 292 g/mol. The van der Waals surface area contributed by atoms with E-state index < -0.39 is 4.92 Å². The van der Waals surface area contributed by atoms with Crippen molar-refractivity contribution in [2.75, 3.05) is 25.4 Å². The van der Waals surface area contributed by atoms with Crippen LogP contribution in [0.1, 0.15) is 30.1 Å². The van der Waals surface area contributed by atoms with E-state index in [2.05, 4.69) is 17.1 Å². The second-order valence-corrected chi connectivity index (χ2v) is 5.33. The van der Waals surface area contributed by atoms with Gasteiger partial charge in [-0.1, -0.05) is 0 Å². The minimum atomic E-state index is -0.584. The van der Waals surface area contributed by atoms with Gasteiger partial charge in [0.1, 0.15) is 5.69 Å². The number of carbonyl (C=O) groups is 1. The summed E-state index contributed by atoms with van der Waals surface area (Å²) < 4.78 is 0. The van der Waals surface area contributed by atoms with Crippen LogP contribution in [0.5, 0.6) is 0 Å². The second kappa shape index (κ2) is 6.53. The molecule has 1 saturated heterocycles. The smallest absolute Gasteiger partial charge is 0.292 e. The largest absolute Gasteiger partial charge is 0.393 e. The van der Waals surface area contributed by atoms with Gasteiger partial charge in [0.15, 0.2) is 0 Å². The lowest BCUT2D eigenvalue weighted by atomic mass is 10.1. The molecule has 21 heavy (non-hydrogen) atoms. The van der Waals surface area contributed by atoms with Crippen LogP contribution in [0.15, 0.2) is 18.2 Å². The van der Waals surface area contributed by atoms with Crippen LogP contribution in [-0.4, -0.2) is 41.4 Å². The highest BCUT2D eigenvalue weighted by Crippen LogP contribution is 2.22. The molecule has 1 heterocycles. The SMILES string of the molecule is C[C@@H](CNC(=O)c1ccc(N)c([N+](=O)[O-])c1)N1CCCC1. The van der Waals surface area contributed by atoms with Gasteiger partial charge < -0.3 is 11.1 Å². The van der Waals surface area contributed by atoms with Gasteiger partial charge in [0.2, 0.25) is 0 Å². The number of nitrogen functional groups attached to an aromatic ring is 1. The quantitative estimate of drug-likeness (QED) is 0.485. The molecule has 1 fully saturated rings. The Labute approximate surface area is 123 Å². The highest BCUT2D eigenvalue weighted by atomic mass is 16.6. The molecule has 0 aromatic heterocycles. The highest BCUT2D eigenvalue weighted by Gasteiger charge is 2.20. The first-order valence-corrected chi connectivity index (χ1v) is 7.05. The van der Waals surface area contributed by atoms with E-state index in [9.17, 15) is 14.9 Å². The van der Waals surface area contributed by atoms with Gasteiger partial charge in [-0.2, -0.15) is 0 Å². The molecular formula is C14H20N4O3. The summed E-state index contributed by atoms with van der Waals surface area (Å²) in [5.74, 6) is -0.316. The predicted molar refractivity (Wildman–Crippen MR) is 80.1 cm³/mol. The van der Waals surface area contributed by atoms with E-state index in [1.165, 1.54) is 31.0 Å². The Morgan fingerprint density at radius 2 is 2.14 bits per heavy atom. The van der Waals surface area contributed by atoms with Gasteiger partial charge in [0.25, 0.3) is 11.6 Å². The number of likely N-dealkylation sites (tertiary alicyclic amines) is 1. The van der Waals surface area contributed by atoms with Crippen molar-refractivity contribution in [2.45, 2.75) is 25.8 Å². The molecule has 2 rings (SSSR count). The van der Waals surface area contributed by atoms with Crippen molar-refractivity contribution in [1.29, 1.82) is 0 Å². The molecule has 7 nitrogen and oxygen atoms in total. The van der Waals surface area contributed by atoms with Gasteiger partial charge in [-0.15, -0.1) is 0 Å². The van der Waals surface area contributed by atoms with Crippen molar-refractivity contribution < 1.29 is 9.72 Å². The van der Waals surface area contributed by atoms with Gasteiger partial charge in [0.05, 0.1) is 4.92 Å². The van der Waals surface area contributed by atoms with Crippen molar-refractivity contribution in [3.8, 4) is 0 Å². The minimum absolute atomic E-state index is 0.0574. The van der Waals surface area contributed by atoms with Crippen LogP contribution in [0, 0.1) is 10.1 Å². The summed E-state index contributed by atoms with van der Waals surface area (Å²) in [4.78, 5) is 24.6. The molecule has 1 amide bonds. The Bertz CT molecular complexity index is 541. The van der Waals surface area contributed by atoms with E-state index in [1.54, 1.807) is 0 Å². The summed E-state index contributed by atoms with van der Waals surface area (Å²) in [5, 5.41) is 13.6. The number of hydrogen-bond acceptors (Lipinski definition) is 5. The Morgan fingerprint density at radius 1 is 1.48 bits per heavy atom. The third-order valence-corrected chi connectivity index (χ3v) is 3.81. The van der Waals surface area contributed by atoms with Crippen LogP contribution in [-0.2, 0) is 0 Å². The molecular weight excluding hydrogens is 272 g/mol. The third-order valence-electron chi connectivity index (χ3n) is 3.81. The fourth-order valence-corrected chi connectivity index (χ4v) is 2.50. The van der Waals surface area contributed by atoms with Crippen molar-refractivity contribution in [3.63, 3.8) is 0 Å². The number of nitro benzene ring substituents is 1. The number of nitro groups is 1. The van der Waals surface area contributed by atoms with Gasteiger partial charge in [-0.25, -0.2) is 0 Å². The fraction of sp³-hybridized carbons (Fsp3) is 0.500. The van der Waals surface area contributed by atoms with Crippen LogP contribution in [0.4, 0.5) is 11.4 Å². The van der Waals surface area contributed by atoms with Crippen LogP contribution < -0.4 is 11.1 Å². The molecule has 1 aromatic carbocycles. The lowest BCUT2D eigenvalue weighted by Crippen LogP contribution is -2.40. The van der Waals surface area contributed by atoms with E-state index >= 15 is 0 Å². The number of rotatable bonds is 5. The molecule has 1 atom stereocenters. The topological polar surface area (TPSA) is 102 Å². The number of benzene rings is 1. The summed E-state index contributed by atoms with van der Waals surface area (Å²) in [6.07, 6.45) is 2.39. The Kier molecular flexibility index (Phi) is 4.74. The van der Waals surface area contributed by atoms with Gasteiger partial charge in [0, 0.05) is 24.2 Å². The maximum absolute atomic E-state index is 12.1. The molecule has 1 aliphatic rings. The number of nitrogens with two attached hydrogens (primary N) is 1. The number of carbonyl (C=O) groups excluding carboxylic acids is 1. The van der Waals surface area contributed by atoms with Crippen LogP contribution in [0.3, 0.4) is 0 Å². The van der Waals surface area contributed by atoms with Crippen LogP contribution >= 0.6 is 0 Å². The number of nitrogens with zero attached hydrogens (tertiary/aromatic N) is 2. The Balaban J connectivity index is 1.96. The Hall–Kier alpha value is -2.15. The molecule has 0 radical (unpaired) electrons. The summed E-state index contributed by atoms with van der Waals surface area (Å²) in [6, 6.07) is 4.36. The number of anilines is 1. The van der Waals surface area contributed by atoms with Crippen molar-refractivity contribution in [3.05, 3.63) is 33.9 Å². The second-order valence-electron chi connectivity index (χ2n) is 5.33. The third kappa shape index (κ3) is 3.69. The first-order chi connectivity index (χ1) is 9.99. The molecule has 0 unspecified atom stereocenters. The van der Waals surface area contributed by atoms with Crippen molar-refractivity contribution in [2.24, 2.45) is 0 Å². The van der Waals surface area contributed by atoms with E-state index in [-0.39, 0.29) is 28.9 Å². The molecule has 0 bridgehead atoms. The summed E-state index contributed by atoms with van der Waals surface area (Å²) in [6.45, 7) is 4.71. The number of nitrogens with one attached hydrogen (secondary N) is 1. The summed E-state index contributed by atoms with van der Waals surface area (Å²) in [5.41, 5.74) is 5.59. The van der Waals surface area contributed by atoms with Crippen molar-refractivity contribution in [1.82, 2.24) is 10.2 Å². The monoisotopic (exact) mass is 292 g/mol. The zero-order valence-electron chi connectivity index (χ0n) is 12.0. The highest BCUT2D eigenvalue weighted by molar-refractivity contribution is 5.95. The molecule has 0 spiro atoms. The lowest BCUT2D eigenvalue weighted by molar-refractivity contribution is -0.383. The molecule has 7 heteroatoms. The normalized spacial score (nSPS) is 16.6. The van der Waals surface area contributed by atoms with Gasteiger partial charge >= 0.3 is 0 Å². The minimum Gasteiger partial charge on any atom is -0.393 e. The van der Waals surface area contributed by atoms with E-state index in [0.717, 1.165) is 13.1 Å². The maximum Gasteiger partial charge on any atom is 0.292 e. The molecule has 1 aliphatic heterocycles. The number of amides is 1. The molecule has 0 saturated carbocycles. The standard InChI is InChI=1S/C14H20N4O3/c1-10(17-6-2-3-7-17)9-16-14(19)11-4-5-12(15)13(8-11)18(20)21/h4-5,8,10H,2-3,6-7,9,15H2,1H3,(H,16,19)/t10-/m0/s1. The molecule has 0 aliphatic carbocycles. The van der Waals surface area contributed by atoms with Gasteiger partial charge in [-0.3, -0.25) is 19.8 Å². The lowest BCUT2D eigenvalue weighted by Gasteiger charge is -2.23. The predicted octanol–water partition coefficient (Wildman–Crippen LogP) is 1.39. The van der Waals surface area contributed by atoms with E-state index in [1.807, 2.05) is 0 Å². The maximum atomic E-state index is 12.1. The number of hydrogen-bond donors (Lipinski definition) is 2. The van der Waals surface area contributed by atoms with Crippen LogP contribution in [0.2, 0.25) is 0 Å². The fourth-order valence-electron chi connectivity index (χ4n) is 2.50. The average Bonchev–Trinajstić information content (AvgIpc) is 2.98. The molecule has 114 valence electrons. The van der Waals surface area contributed by atoms with Crippen molar-refractivity contribution >= 4 is 17.3 Å². The van der Waals surface area contributed by atoms with Gasteiger partial charge in [-0.05, 0) is 45.0 Å². The van der Waals surface area contributed by atoms with Crippen LogP contribution in [0.25, 0.3) is 0 Å². The zero-order chi connectivity index (χ0) is 15.4. The first-order valence-electron chi connectivity index (χ1n) is 7.05. The first kappa shape index (κ1) is 15.2. The molecule has 3 N–H and O–H groups in total. The van der Waals surface area contributed by atoms with E-state index in [0.29, 0.717) is 6.54 Å². The molecule has 1 aromatic rings. The zero-order valence-corrected chi connectivity index (χ0v) is 12.0. The Morgan fingerprint density at radius 3 is 2.76 bits per heavy atom.